The normalized spacial score (nSPS) is 12.6. The van der Waals surface area contributed by atoms with Gasteiger partial charge in [0, 0.05) is 37.1 Å². The monoisotopic (exact) mass is 284 g/mol. The first-order valence-corrected chi connectivity index (χ1v) is 7.52. The van der Waals surface area contributed by atoms with E-state index in [0.717, 1.165) is 30.6 Å². The topological polar surface area (TPSA) is 36.4 Å². The highest BCUT2D eigenvalue weighted by Crippen LogP contribution is 2.24. The zero-order valence-electron chi connectivity index (χ0n) is 13.1. The van der Waals surface area contributed by atoms with Crippen LogP contribution >= 0.6 is 0 Å². The molecule has 1 unspecified atom stereocenters. The van der Waals surface area contributed by atoms with Gasteiger partial charge in [-0.15, -0.1) is 0 Å². The maximum absolute atomic E-state index is 10.2. The van der Waals surface area contributed by atoms with Crippen LogP contribution < -0.4 is 0 Å². The van der Waals surface area contributed by atoms with Crippen LogP contribution in [0.1, 0.15) is 37.0 Å². The number of rotatable bonds is 6. The Labute approximate surface area is 127 Å². The van der Waals surface area contributed by atoms with Gasteiger partial charge in [-0.25, -0.2) is 0 Å². The van der Waals surface area contributed by atoms with Crippen LogP contribution in [0.2, 0.25) is 0 Å². The number of para-hydroxylation sites is 1. The molecule has 3 nitrogen and oxygen atoms in total. The van der Waals surface area contributed by atoms with E-state index in [-0.39, 0.29) is 0 Å². The lowest BCUT2D eigenvalue weighted by atomic mass is 10.1. The van der Waals surface area contributed by atoms with Crippen molar-refractivity contribution in [2.45, 2.75) is 46.3 Å². The van der Waals surface area contributed by atoms with Crippen LogP contribution in [0.3, 0.4) is 0 Å². The minimum absolute atomic E-state index is 0.417. The molecular formula is C18H24N2O. The number of hydrogen-bond acceptors (Lipinski definition) is 3. The van der Waals surface area contributed by atoms with Crippen molar-refractivity contribution in [3.63, 3.8) is 0 Å². The Bertz CT molecular complexity index is 569. The van der Waals surface area contributed by atoms with E-state index in [4.69, 9.17) is 0 Å². The van der Waals surface area contributed by atoms with Crippen molar-refractivity contribution in [2.75, 3.05) is 0 Å². The van der Waals surface area contributed by atoms with E-state index in [2.05, 4.69) is 23.7 Å². The maximum atomic E-state index is 10.2. The second-order valence-corrected chi connectivity index (χ2v) is 5.60. The van der Waals surface area contributed by atoms with Crippen LogP contribution in [0.25, 0.3) is 0 Å². The molecule has 1 aromatic carbocycles. The second kappa shape index (κ2) is 7.23. The van der Waals surface area contributed by atoms with Gasteiger partial charge in [-0.05, 0) is 43.5 Å². The van der Waals surface area contributed by atoms with Crippen LogP contribution in [-0.2, 0) is 13.1 Å². The largest absolute Gasteiger partial charge is 0.507 e. The summed E-state index contributed by atoms with van der Waals surface area (Å²) >= 11 is 0. The van der Waals surface area contributed by atoms with Crippen molar-refractivity contribution in [3.8, 4) is 5.75 Å². The van der Waals surface area contributed by atoms with E-state index in [9.17, 15) is 5.11 Å². The molecule has 1 atom stereocenters. The van der Waals surface area contributed by atoms with Crippen LogP contribution in [0.5, 0.6) is 5.75 Å². The lowest BCUT2D eigenvalue weighted by Gasteiger charge is -2.29. The van der Waals surface area contributed by atoms with E-state index >= 15 is 0 Å². The molecule has 112 valence electrons. The Hall–Kier alpha value is -1.87. The van der Waals surface area contributed by atoms with Gasteiger partial charge < -0.3 is 5.11 Å². The molecule has 0 amide bonds. The molecule has 0 spiro atoms. The van der Waals surface area contributed by atoms with Gasteiger partial charge in [0.2, 0.25) is 0 Å². The number of hydrogen-bond donors (Lipinski definition) is 1. The summed E-state index contributed by atoms with van der Waals surface area (Å²) in [6, 6.07) is 10.5. The third-order valence-corrected chi connectivity index (χ3v) is 4.04. The minimum Gasteiger partial charge on any atom is -0.507 e. The van der Waals surface area contributed by atoms with Gasteiger partial charge >= 0.3 is 0 Å². The van der Waals surface area contributed by atoms with Crippen LogP contribution in [0, 0.1) is 6.92 Å². The summed E-state index contributed by atoms with van der Waals surface area (Å²) in [5.41, 5.74) is 3.17. The summed E-state index contributed by atoms with van der Waals surface area (Å²) < 4.78 is 0. The third-order valence-electron chi connectivity index (χ3n) is 4.04. The molecule has 0 aliphatic carbocycles. The van der Waals surface area contributed by atoms with E-state index in [0.29, 0.717) is 11.8 Å². The molecule has 21 heavy (non-hydrogen) atoms. The number of nitrogens with zero attached hydrogens (tertiary/aromatic N) is 2. The average Bonchev–Trinajstić information content (AvgIpc) is 2.51. The van der Waals surface area contributed by atoms with Crippen molar-refractivity contribution in [3.05, 3.63) is 59.4 Å². The summed E-state index contributed by atoms with van der Waals surface area (Å²) in [6.45, 7) is 7.99. The molecule has 3 heteroatoms. The number of phenolic OH excluding ortho intramolecular Hbond substituents is 1. The lowest BCUT2D eigenvalue weighted by Crippen LogP contribution is -2.31. The first-order chi connectivity index (χ1) is 10.1. The average molecular weight is 284 g/mol. The molecule has 0 saturated heterocycles. The molecule has 1 heterocycles. The number of phenols is 1. The standard InChI is InChI=1S/C18H24N2O/c1-4-15(3)20(12-16-8-10-19-11-9-16)13-17-7-5-6-14(2)18(17)21/h5-11,15,21H,4,12-13H2,1-3H3. The Morgan fingerprint density at radius 3 is 2.52 bits per heavy atom. The molecule has 1 aromatic heterocycles. The molecular weight excluding hydrogens is 260 g/mol. The fourth-order valence-electron chi connectivity index (χ4n) is 2.41. The highest BCUT2D eigenvalue weighted by atomic mass is 16.3. The fourth-order valence-corrected chi connectivity index (χ4v) is 2.41. The Balaban J connectivity index is 2.19. The summed E-state index contributed by atoms with van der Waals surface area (Å²) in [5.74, 6) is 0.417. The predicted molar refractivity (Wildman–Crippen MR) is 86.1 cm³/mol. The Kier molecular flexibility index (Phi) is 5.34. The zero-order valence-corrected chi connectivity index (χ0v) is 13.1. The van der Waals surface area contributed by atoms with E-state index in [1.165, 1.54) is 5.56 Å². The van der Waals surface area contributed by atoms with Crippen molar-refractivity contribution in [1.82, 2.24) is 9.88 Å². The van der Waals surface area contributed by atoms with Gasteiger partial charge in [0.15, 0.2) is 0 Å². The number of aromatic nitrogens is 1. The minimum atomic E-state index is 0.417. The number of aromatic hydroxyl groups is 1. The van der Waals surface area contributed by atoms with Crippen molar-refractivity contribution >= 4 is 0 Å². The maximum Gasteiger partial charge on any atom is 0.122 e. The smallest absolute Gasteiger partial charge is 0.122 e. The predicted octanol–water partition coefficient (Wildman–Crippen LogP) is 3.90. The molecule has 2 aromatic rings. The first kappa shape index (κ1) is 15.5. The molecule has 1 N–H and O–H groups in total. The number of aryl methyl sites for hydroxylation is 1. The van der Waals surface area contributed by atoms with E-state index in [1.807, 2.05) is 49.6 Å². The van der Waals surface area contributed by atoms with E-state index in [1.54, 1.807) is 0 Å². The molecule has 0 aliphatic heterocycles. The third kappa shape index (κ3) is 4.05. The van der Waals surface area contributed by atoms with Crippen LogP contribution in [0.15, 0.2) is 42.7 Å². The van der Waals surface area contributed by atoms with Crippen molar-refractivity contribution in [1.29, 1.82) is 0 Å². The quantitative estimate of drug-likeness (QED) is 0.874. The van der Waals surface area contributed by atoms with Gasteiger partial charge in [-0.3, -0.25) is 9.88 Å². The van der Waals surface area contributed by atoms with Gasteiger partial charge in [0.05, 0.1) is 0 Å². The van der Waals surface area contributed by atoms with Gasteiger partial charge in [-0.1, -0.05) is 25.1 Å². The number of pyridine rings is 1. The highest BCUT2D eigenvalue weighted by Gasteiger charge is 2.15. The first-order valence-electron chi connectivity index (χ1n) is 7.52. The zero-order chi connectivity index (χ0) is 15.2. The fraction of sp³-hybridized carbons (Fsp3) is 0.389. The molecule has 0 bridgehead atoms. The molecule has 0 radical (unpaired) electrons. The summed E-state index contributed by atoms with van der Waals surface area (Å²) in [5, 5.41) is 10.2. The van der Waals surface area contributed by atoms with Crippen LogP contribution in [-0.4, -0.2) is 21.0 Å². The summed E-state index contributed by atoms with van der Waals surface area (Å²) in [6.07, 6.45) is 4.74. The summed E-state index contributed by atoms with van der Waals surface area (Å²) in [4.78, 5) is 6.46. The van der Waals surface area contributed by atoms with E-state index < -0.39 is 0 Å². The van der Waals surface area contributed by atoms with Crippen molar-refractivity contribution < 1.29 is 5.11 Å². The van der Waals surface area contributed by atoms with Gasteiger partial charge in [0.1, 0.15) is 5.75 Å². The molecule has 0 aliphatic rings. The van der Waals surface area contributed by atoms with Gasteiger partial charge in [-0.2, -0.15) is 0 Å². The Morgan fingerprint density at radius 2 is 1.86 bits per heavy atom. The molecule has 0 saturated carbocycles. The molecule has 0 fully saturated rings. The number of benzene rings is 1. The SMILES string of the molecule is CCC(C)N(Cc1ccncc1)Cc1cccc(C)c1O. The van der Waals surface area contributed by atoms with Gasteiger partial charge in [0.25, 0.3) is 0 Å². The Morgan fingerprint density at radius 1 is 1.14 bits per heavy atom. The summed E-state index contributed by atoms with van der Waals surface area (Å²) in [7, 11) is 0. The van der Waals surface area contributed by atoms with Crippen molar-refractivity contribution in [2.24, 2.45) is 0 Å². The highest BCUT2D eigenvalue weighted by molar-refractivity contribution is 5.39. The lowest BCUT2D eigenvalue weighted by molar-refractivity contribution is 0.184. The van der Waals surface area contributed by atoms with Crippen LogP contribution in [0.4, 0.5) is 0 Å². The second-order valence-electron chi connectivity index (χ2n) is 5.60. The molecule has 2 rings (SSSR count).